The Hall–Kier alpha value is -2.86. The average Bonchev–Trinajstić information content (AvgIpc) is 3.54. The number of hydrogen-bond acceptors (Lipinski definition) is 3. The van der Waals surface area contributed by atoms with Gasteiger partial charge in [-0.2, -0.15) is 0 Å². The molecule has 0 saturated heterocycles. The fraction of sp³-hybridized carbons (Fsp3) is 0.464. The van der Waals surface area contributed by atoms with Gasteiger partial charge in [-0.25, -0.2) is 0 Å². The number of carbonyl (C=O) groups is 2. The fourth-order valence-corrected chi connectivity index (χ4v) is 5.06. The molecule has 2 aromatic rings. The highest BCUT2D eigenvalue weighted by Gasteiger charge is 2.26. The molecule has 186 valence electrons. The van der Waals surface area contributed by atoms with E-state index >= 15 is 0 Å². The van der Waals surface area contributed by atoms with E-state index in [1.165, 1.54) is 12.8 Å². The molecule has 7 heteroatoms. The van der Waals surface area contributed by atoms with Crippen molar-refractivity contribution in [2.75, 3.05) is 6.54 Å². The molecule has 0 bridgehead atoms. The largest absolute Gasteiger partial charge is 0.481 e. The Morgan fingerprint density at radius 3 is 2.51 bits per heavy atom. The van der Waals surface area contributed by atoms with Crippen LogP contribution in [0.2, 0.25) is 5.02 Å². The first-order chi connectivity index (χ1) is 16.9. The van der Waals surface area contributed by atoms with Crippen LogP contribution < -0.4 is 10.9 Å². The zero-order valence-corrected chi connectivity index (χ0v) is 20.7. The minimum absolute atomic E-state index is 0.000550. The van der Waals surface area contributed by atoms with Crippen molar-refractivity contribution in [3.05, 3.63) is 74.2 Å². The number of carboxylic acid groups (broad SMARTS) is 1. The third kappa shape index (κ3) is 7.07. The van der Waals surface area contributed by atoms with Crippen LogP contribution in [0.1, 0.15) is 86.1 Å². The lowest BCUT2D eigenvalue weighted by Gasteiger charge is -2.14. The molecule has 3 N–H and O–H groups in total. The molecule has 4 rings (SSSR count). The summed E-state index contributed by atoms with van der Waals surface area (Å²) in [4.78, 5) is 38.5. The normalized spacial score (nSPS) is 16.4. The second-order valence-corrected chi connectivity index (χ2v) is 10.1. The first-order valence-corrected chi connectivity index (χ1v) is 13.0. The molecule has 2 aliphatic rings. The predicted molar refractivity (Wildman–Crippen MR) is 138 cm³/mol. The molecule has 1 amide bonds. The minimum Gasteiger partial charge on any atom is -0.481 e. The van der Waals surface area contributed by atoms with E-state index in [2.05, 4.69) is 16.4 Å². The molecule has 35 heavy (non-hydrogen) atoms. The summed E-state index contributed by atoms with van der Waals surface area (Å²) in [6.45, 7) is 0.352. The number of H-pyrrole nitrogens is 1. The molecule has 2 saturated carbocycles. The molecule has 6 nitrogen and oxygen atoms in total. The number of allylic oxidation sites excluding steroid dienone is 1. The molecule has 0 radical (unpaired) electrons. The van der Waals surface area contributed by atoms with Crippen LogP contribution in [0.4, 0.5) is 0 Å². The summed E-state index contributed by atoms with van der Waals surface area (Å²) >= 11 is 6.63. The Balaban J connectivity index is 1.48. The van der Waals surface area contributed by atoms with Gasteiger partial charge in [0.15, 0.2) is 0 Å². The third-order valence-corrected chi connectivity index (χ3v) is 7.28. The van der Waals surface area contributed by atoms with Crippen molar-refractivity contribution >= 4 is 29.1 Å². The van der Waals surface area contributed by atoms with Gasteiger partial charge in [0.05, 0.1) is 0 Å². The summed E-state index contributed by atoms with van der Waals surface area (Å²) in [5, 5.41) is 12.0. The molecule has 2 fully saturated rings. The lowest BCUT2D eigenvalue weighted by atomic mass is 9.94. The Bertz CT molecular complexity index is 1160. The Kier molecular flexibility index (Phi) is 8.45. The standard InChI is InChI=1S/C28H33ClN2O4/c29-24-17-21(10-9-20(24)11-14-26(32)30-15-3-6-27(33)34)23(16-18-4-1-2-5-18)25-13-12-22(19-7-8-19)28(35)31-25/h9-10,12-13,16-19H,1-8,11,14-15H2,(H,30,32)(H,31,35)(H,33,34)/b23-16+. The second kappa shape index (κ2) is 11.7. The van der Waals surface area contributed by atoms with E-state index in [-0.39, 0.29) is 24.3 Å². The summed E-state index contributed by atoms with van der Waals surface area (Å²) < 4.78 is 0. The number of rotatable bonds is 11. The number of aliphatic carboxylic acids is 1. The first-order valence-electron chi connectivity index (χ1n) is 12.6. The maximum atomic E-state index is 12.7. The van der Waals surface area contributed by atoms with Crippen LogP contribution in [-0.2, 0) is 16.0 Å². The highest BCUT2D eigenvalue weighted by atomic mass is 35.5. The van der Waals surface area contributed by atoms with Crippen molar-refractivity contribution < 1.29 is 14.7 Å². The number of aromatic nitrogens is 1. The summed E-state index contributed by atoms with van der Waals surface area (Å²) in [6, 6.07) is 9.88. The van der Waals surface area contributed by atoms with Crippen molar-refractivity contribution in [3.8, 4) is 0 Å². The van der Waals surface area contributed by atoms with Crippen LogP contribution in [0.5, 0.6) is 0 Å². The predicted octanol–water partition coefficient (Wildman–Crippen LogP) is 5.44. The zero-order valence-electron chi connectivity index (χ0n) is 19.9. The number of carboxylic acids is 1. The summed E-state index contributed by atoms with van der Waals surface area (Å²) in [5.74, 6) is -0.0980. The SMILES string of the molecule is O=C(O)CCCNC(=O)CCc1ccc(/C(=C\C2CCCC2)c2ccc(C3CC3)c(=O)[nH]2)cc1Cl. The smallest absolute Gasteiger partial charge is 0.303 e. The van der Waals surface area contributed by atoms with Crippen LogP contribution >= 0.6 is 11.6 Å². The Morgan fingerprint density at radius 2 is 1.86 bits per heavy atom. The van der Waals surface area contributed by atoms with Crippen molar-refractivity contribution in [3.63, 3.8) is 0 Å². The zero-order chi connectivity index (χ0) is 24.8. The van der Waals surface area contributed by atoms with Gasteiger partial charge in [-0.15, -0.1) is 0 Å². The highest BCUT2D eigenvalue weighted by Crippen LogP contribution is 2.39. The molecule has 0 atom stereocenters. The lowest BCUT2D eigenvalue weighted by molar-refractivity contribution is -0.137. The Labute approximate surface area is 210 Å². The van der Waals surface area contributed by atoms with Gasteiger partial charge >= 0.3 is 5.97 Å². The van der Waals surface area contributed by atoms with E-state index in [1.54, 1.807) is 0 Å². The number of amides is 1. The number of benzene rings is 1. The number of aryl methyl sites for hydroxylation is 1. The van der Waals surface area contributed by atoms with Gasteiger partial charge in [-0.05, 0) is 73.6 Å². The van der Waals surface area contributed by atoms with Crippen LogP contribution in [0, 0.1) is 5.92 Å². The van der Waals surface area contributed by atoms with Crippen molar-refractivity contribution in [1.29, 1.82) is 0 Å². The summed E-state index contributed by atoms with van der Waals surface area (Å²) in [6.07, 6.45) is 10.5. The number of aromatic amines is 1. The van der Waals surface area contributed by atoms with Gasteiger partial charge < -0.3 is 15.4 Å². The molecule has 2 aliphatic carbocycles. The third-order valence-electron chi connectivity index (χ3n) is 6.92. The van der Waals surface area contributed by atoms with E-state index in [4.69, 9.17) is 16.7 Å². The number of carbonyl (C=O) groups excluding carboxylic acids is 1. The first kappa shape index (κ1) is 25.2. The molecule has 0 aliphatic heterocycles. The van der Waals surface area contributed by atoms with Crippen LogP contribution in [0.15, 0.2) is 41.2 Å². The summed E-state index contributed by atoms with van der Waals surface area (Å²) in [5.41, 5.74) is 4.53. The van der Waals surface area contributed by atoms with E-state index in [9.17, 15) is 14.4 Å². The van der Waals surface area contributed by atoms with Crippen LogP contribution in [0.25, 0.3) is 5.57 Å². The maximum absolute atomic E-state index is 12.7. The summed E-state index contributed by atoms with van der Waals surface area (Å²) in [7, 11) is 0. The molecule has 1 heterocycles. The lowest BCUT2D eigenvalue weighted by Crippen LogP contribution is -2.25. The van der Waals surface area contributed by atoms with Gasteiger partial charge in [0.25, 0.3) is 5.56 Å². The van der Waals surface area contributed by atoms with Gasteiger partial charge in [-0.1, -0.05) is 48.7 Å². The van der Waals surface area contributed by atoms with Crippen molar-refractivity contribution in [2.24, 2.45) is 5.92 Å². The van der Waals surface area contributed by atoms with E-state index in [0.29, 0.717) is 36.2 Å². The topological polar surface area (TPSA) is 99.3 Å². The van der Waals surface area contributed by atoms with Crippen LogP contribution in [0.3, 0.4) is 0 Å². The van der Waals surface area contributed by atoms with Crippen LogP contribution in [-0.4, -0.2) is 28.5 Å². The second-order valence-electron chi connectivity index (χ2n) is 9.71. The van der Waals surface area contributed by atoms with Gasteiger partial charge in [0, 0.05) is 41.2 Å². The number of nitrogens with one attached hydrogen (secondary N) is 2. The highest BCUT2D eigenvalue weighted by molar-refractivity contribution is 6.31. The average molecular weight is 497 g/mol. The molecular weight excluding hydrogens is 464 g/mol. The molecule has 0 spiro atoms. The minimum atomic E-state index is -0.865. The van der Waals surface area contributed by atoms with E-state index in [0.717, 1.165) is 53.6 Å². The molecule has 0 unspecified atom stereocenters. The molecule has 1 aromatic carbocycles. The molecule has 1 aromatic heterocycles. The Morgan fingerprint density at radius 1 is 1.09 bits per heavy atom. The van der Waals surface area contributed by atoms with E-state index < -0.39 is 5.97 Å². The fourth-order valence-electron chi connectivity index (χ4n) is 4.78. The van der Waals surface area contributed by atoms with Crippen molar-refractivity contribution in [2.45, 2.75) is 70.1 Å². The van der Waals surface area contributed by atoms with Gasteiger partial charge in [-0.3, -0.25) is 14.4 Å². The number of pyridine rings is 1. The molecular formula is C28H33ClN2O4. The number of hydrogen-bond donors (Lipinski definition) is 3. The van der Waals surface area contributed by atoms with E-state index in [1.807, 2.05) is 30.3 Å². The van der Waals surface area contributed by atoms with Crippen molar-refractivity contribution in [1.82, 2.24) is 10.3 Å². The maximum Gasteiger partial charge on any atom is 0.303 e. The quantitative estimate of drug-likeness (QED) is 0.360. The number of halogens is 1. The monoisotopic (exact) mass is 496 g/mol. The van der Waals surface area contributed by atoms with Gasteiger partial charge in [0.1, 0.15) is 0 Å². The van der Waals surface area contributed by atoms with Gasteiger partial charge in [0.2, 0.25) is 5.91 Å².